The summed E-state index contributed by atoms with van der Waals surface area (Å²) in [7, 11) is -1.31. The lowest BCUT2D eigenvalue weighted by Crippen LogP contribution is -2.33. The van der Waals surface area contributed by atoms with Gasteiger partial charge in [-0.1, -0.05) is 27.7 Å². The molecule has 0 aromatic rings. The number of hydrogen-bond donors (Lipinski definition) is 0. The quantitative estimate of drug-likeness (QED) is 0.713. The van der Waals surface area contributed by atoms with E-state index in [-0.39, 0.29) is 0 Å². The maximum Gasteiger partial charge on any atom is 0.0926 e. The van der Waals surface area contributed by atoms with E-state index in [1.807, 2.05) is 0 Å². The van der Waals surface area contributed by atoms with Crippen LogP contribution in [0.25, 0.3) is 0 Å². The molecule has 0 radical (unpaired) electrons. The average molecular weight is 321 g/mol. The van der Waals surface area contributed by atoms with Crippen LogP contribution < -0.4 is 0 Å². The number of rotatable bonds is 2. The van der Waals surface area contributed by atoms with Gasteiger partial charge in [-0.05, 0) is 19.9 Å². The Balaban J connectivity index is 0.000000204. The van der Waals surface area contributed by atoms with E-state index in [1.165, 1.54) is 12.8 Å². The van der Waals surface area contributed by atoms with Crippen molar-refractivity contribution in [3.05, 3.63) is 0 Å². The predicted octanol–water partition coefficient (Wildman–Crippen LogP) is 4.26. The predicted molar refractivity (Wildman–Crippen MR) is 91.7 cm³/mol. The van der Waals surface area contributed by atoms with Crippen molar-refractivity contribution in [2.45, 2.75) is 51.9 Å². The third-order valence-electron chi connectivity index (χ3n) is 4.93. The van der Waals surface area contributed by atoms with Gasteiger partial charge in [-0.3, -0.25) is 0 Å². The molecule has 3 nitrogen and oxygen atoms in total. The van der Waals surface area contributed by atoms with Crippen molar-refractivity contribution >= 4 is 14.3 Å². The molecule has 2 heterocycles. The van der Waals surface area contributed by atoms with E-state index in [0.717, 1.165) is 37.7 Å². The molecule has 0 N–H and O–H groups in total. The van der Waals surface area contributed by atoms with Gasteiger partial charge in [0.25, 0.3) is 0 Å². The Morgan fingerprint density at radius 1 is 0.750 bits per heavy atom. The highest BCUT2D eigenvalue weighted by atomic mass is 31.2. The fourth-order valence-corrected chi connectivity index (χ4v) is 8.20. The van der Waals surface area contributed by atoms with Gasteiger partial charge >= 0.3 is 0 Å². The van der Waals surface area contributed by atoms with E-state index in [0.29, 0.717) is 11.3 Å². The molecule has 120 valence electrons. The zero-order valence-corrected chi connectivity index (χ0v) is 15.8. The Morgan fingerprint density at radius 2 is 1.10 bits per heavy atom. The van der Waals surface area contributed by atoms with Crippen LogP contribution in [0.15, 0.2) is 0 Å². The molecule has 0 aromatic heterocycles. The summed E-state index contributed by atoms with van der Waals surface area (Å²) in [5.74, 6) is 0. The molecule has 0 saturated carbocycles. The zero-order valence-electron chi connectivity index (χ0n) is 14.0. The van der Waals surface area contributed by atoms with Crippen LogP contribution in [0.2, 0.25) is 0 Å². The van der Waals surface area contributed by atoms with Crippen LogP contribution in [0.1, 0.15) is 40.5 Å². The van der Waals surface area contributed by atoms with Crippen molar-refractivity contribution in [3.63, 3.8) is 0 Å². The molecule has 0 aliphatic carbocycles. The maximum atomic E-state index is 12.1. The molecule has 2 fully saturated rings. The fraction of sp³-hybridized carbons (Fsp3) is 1.00. The Hall–Kier alpha value is 0.420. The molecule has 0 amide bonds. The minimum Gasteiger partial charge on any atom is -0.323 e. The molecule has 2 aliphatic rings. The summed E-state index contributed by atoms with van der Waals surface area (Å²) in [6.07, 6.45) is 6.31. The molecule has 0 bridgehead atoms. The van der Waals surface area contributed by atoms with E-state index in [4.69, 9.17) is 0 Å². The maximum absolute atomic E-state index is 12.1. The lowest BCUT2D eigenvalue weighted by Gasteiger charge is -2.31. The van der Waals surface area contributed by atoms with Gasteiger partial charge in [-0.2, -0.15) is 0 Å². The molecule has 2 saturated heterocycles. The van der Waals surface area contributed by atoms with E-state index in [9.17, 15) is 9.13 Å². The molecule has 20 heavy (non-hydrogen) atoms. The lowest BCUT2D eigenvalue weighted by molar-refractivity contribution is 0.358. The Morgan fingerprint density at radius 3 is 1.40 bits per heavy atom. The minimum atomic E-state index is -1.76. The summed E-state index contributed by atoms with van der Waals surface area (Å²) < 4.78 is 23.8. The smallest absolute Gasteiger partial charge is 0.0926 e. The van der Waals surface area contributed by atoms with Gasteiger partial charge in [0, 0.05) is 49.1 Å². The van der Waals surface area contributed by atoms with Crippen LogP contribution in [0.3, 0.4) is 0 Å². The van der Waals surface area contributed by atoms with Crippen LogP contribution in [0.4, 0.5) is 0 Å². The van der Waals surface area contributed by atoms with E-state index in [2.05, 4.69) is 39.6 Å². The summed E-state index contributed by atoms with van der Waals surface area (Å²) in [5, 5.41) is 0. The summed E-state index contributed by atoms with van der Waals surface area (Å²) >= 11 is 0. The first-order chi connectivity index (χ1) is 9.19. The number of hydrogen-bond acceptors (Lipinski definition) is 3. The first-order valence-electron chi connectivity index (χ1n) is 8.04. The van der Waals surface area contributed by atoms with Crippen molar-refractivity contribution in [1.82, 2.24) is 4.90 Å². The second-order valence-corrected chi connectivity index (χ2v) is 14.7. The summed E-state index contributed by atoms with van der Waals surface area (Å²) in [4.78, 5) is 2.26. The highest BCUT2D eigenvalue weighted by Gasteiger charge is 2.30. The van der Waals surface area contributed by atoms with Gasteiger partial charge in [-0.15, -0.1) is 0 Å². The third-order valence-corrected chi connectivity index (χ3v) is 12.8. The van der Waals surface area contributed by atoms with Gasteiger partial charge in [-0.25, -0.2) is 0 Å². The molecule has 2 aliphatic heterocycles. The fourth-order valence-electron chi connectivity index (χ4n) is 2.81. The van der Waals surface area contributed by atoms with Crippen molar-refractivity contribution < 1.29 is 9.13 Å². The first kappa shape index (κ1) is 18.5. The summed E-state index contributed by atoms with van der Waals surface area (Å²) in [6, 6.07) is 0. The standard InChI is InChI=1S/C8H18NOP.C7H15OP/c1-8(2)11(10)6-4-9(3)5-7-11;1-7(2)9(8)5-3-4-6-9/h8H,4-7H2,1-3H3;7H,3-6H2,1-2H3. The van der Waals surface area contributed by atoms with Crippen molar-refractivity contribution in [2.75, 3.05) is 44.8 Å². The molecular formula is C15H33NO2P2. The monoisotopic (exact) mass is 321 g/mol. The first-order valence-corrected chi connectivity index (χ1v) is 12.3. The normalized spacial score (nSPS) is 25.6. The highest BCUT2D eigenvalue weighted by Crippen LogP contribution is 2.55. The van der Waals surface area contributed by atoms with Crippen molar-refractivity contribution in [3.8, 4) is 0 Å². The largest absolute Gasteiger partial charge is 0.323 e. The SMILES string of the molecule is CC(C)P1(=O)CCCC1.CC(C)P1(=O)CCN(C)CC1. The topological polar surface area (TPSA) is 37.4 Å². The van der Waals surface area contributed by atoms with E-state index >= 15 is 0 Å². The highest BCUT2D eigenvalue weighted by molar-refractivity contribution is 7.65. The van der Waals surface area contributed by atoms with Crippen LogP contribution in [0.5, 0.6) is 0 Å². The Labute approximate surface area is 125 Å². The summed E-state index contributed by atoms with van der Waals surface area (Å²) in [5.41, 5.74) is 0.844. The average Bonchev–Trinajstić information content (AvgIpc) is 2.82. The minimum absolute atomic E-state index is 0.399. The van der Waals surface area contributed by atoms with Gasteiger partial charge in [0.15, 0.2) is 0 Å². The number of nitrogens with zero attached hydrogens (tertiary/aromatic N) is 1. The van der Waals surface area contributed by atoms with Gasteiger partial charge in [0.1, 0.15) is 0 Å². The second-order valence-electron chi connectivity index (χ2n) is 7.00. The van der Waals surface area contributed by atoms with E-state index in [1.54, 1.807) is 0 Å². The third kappa shape index (κ3) is 5.00. The molecule has 2 rings (SSSR count). The van der Waals surface area contributed by atoms with Gasteiger partial charge < -0.3 is 14.0 Å². The molecule has 0 aromatic carbocycles. The molecule has 0 spiro atoms. The van der Waals surface area contributed by atoms with Gasteiger partial charge in [0.2, 0.25) is 0 Å². The van der Waals surface area contributed by atoms with Crippen molar-refractivity contribution in [1.29, 1.82) is 0 Å². The molecular weight excluding hydrogens is 288 g/mol. The van der Waals surface area contributed by atoms with Crippen molar-refractivity contribution in [2.24, 2.45) is 0 Å². The van der Waals surface area contributed by atoms with Crippen LogP contribution in [0, 0.1) is 0 Å². The van der Waals surface area contributed by atoms with Crippen LogP contribution in [-0.2, 0) is 9.13 Å². The second kappa shape index (κ2) is 7.61. The molecule has 5 heteroatoms. The van der Waals surface area contributed by atoms with Gasteiger partial charge in [0.05, 0.1) is 14.3 Å². The van der Waals surface area contributed by atoms with Crippen LogP contribution >= 0.6 is 14.3 Å². The van der Waals surface area contributed by atoms with E-state index < -0.39 is 14.3 Å². The Kier molecular flexibility index (Phi) is 7.03. The van der Waals surface area contributed by atoms with Crippen LogP contribution in [-0.4, -0.2) is 61.0 Å². The zero-order chi connectivity index (χ0) is 15.4. The lowest BCUT2D eigenvalue weighted by atomic mass is 10.4. The Bertz CT molecular complexity index is 371. The molecule has 0 atom stereocenters. The summed E-state index contributed by atoms with van der Waals surface area (Å²) in [6.45, 7) is 10.4. The molecule has 0 unspecified atom stereocenters.